The fourth-order valence-corrected chi connectivity index (χ4v) is 8.26. The van der Waals surface area contributed by atoms with Gasteiger partial charge in [0.05, 0.1) is 5.69 Å². The van der Waals surface area contributed by atoms with Gasteiger partial charge < -0.3 is 9.46 Å². The van der Waals surface area contributed by atoms with Crippen LogP contribution in [0.4, 0.5) is 17.1 Å². The van der Waals surface area contributed by atoms with Crippen molar-refractivity contribution in [3.63, 3.8) is 0 Å². The highest BCUT2D eigenvalue weighted by Gasteiger charge is 2.32. The Hall–Kier alpha value is -4.65. The Morgan fingerprint density at radius 3 is 1.37 bits per heavy atom. The zero-order valence-corrected chi connectivity index (χ0v) is 24.2. The summed E-state index contributed by atoms with van der Waals surface area (Å²) in [5, 5.41) is 2.48. The lowest BCUT2D eigenvalue weighted by molar-refractivity contribution is 0.592. The van der Waals surface area contributed by atoms with Gasteiger partial charge in [-0.2, -0.15) is 0 Å². The molecule has 0 aliphatic heterocycles. The molecule has 0 aliphatic rings. The van der Waals surface area contributed by atoms with Crippen LogP contribution in [0.2, 0.25) is 0 Å². The molecule has 0 aromatic heterocycles. The van der Waals surface area contributed by atoms with E-state index < -0.39 is 7.14 Å². The number of nitrogens with zero attached hydrogens (tertiary/aromatic N) is 1. The molecule has 0 amide bonds. The number of aryl methyl sites for hydroxylation is 2. The summed E-state index contributed by atoms with van der Waals surface area (Å²) in [6, 6.07) is 53.6. The van der Waals surface area contributed by atoms with Gasteiger partial charge in [0, 0.05) is 32.9 Å². The first-order chi connectivity index (χ1) is 20.1. The Kier molecular flexibility index (Phi) is 7.42. The monoisotopic (exact) mass is 549 g/mol. The first-order valence-electron chi connectivity index (χ1n) is 13.9. The van der Waals surface area contributed by atoms with E-state index >= 15 is 4.57 Å². The molecule has 0 fully saturated rings. The van der Waals surface area contributed by atoms with Crippen molar-refractivity contribution in [1.29, 1.82) is 0 Å². The zero-order chi connectivity index (χ0) is 28.2. The van der Waals surface area contributed by atoms with E-state index in [1.807, 2.05) is 78.9 Å². The molecule has 0 radical (unpaired) electrons. The molecular formula is C38H32NOP. The van der Waals surface area contributed by atoms with Gasteiger partial charge in [0.2, 0.25) is 0 Å². The molecule has 0 heterocycles. The maximum atomic E-state index is 15.5. The molecule has 6 aromatic carbocycles. The van der Waals surface area contributed by atoms with Crippen molar-refractivity contribution >= 4 is 40.1 Å². The molecule has 0 atom stereocenters. The summed E-state index contributed by atoms with van der Waals surface area (Å²) in [5.74, 6) is 0. The third-order valence-corrected chi connectivity index (χ3v) is 10.6. The summed E-state index contributed by atoms with van der Waals surface area (Å²) < 4.78 is 15.5. The van der Waals surface area contributed by atoms with Crippen molar-refractivity contribution in [2.24, 2.45) is 0 Å². The molecule has 0 saturated carbocycles. The fraction of sp³-hybridized carbons (Fsp3) is 0.0526. The van der Waals surface area contributed by atoms with Gasteiger partial charge in [-0.3, -0.25) is 0 Å². The van der Waals surface area contributed by atoms with Gasteiger partial charge >= 0.3 is 0 Å². The fourth-order valence-electron chi connectivity index (χ4n) is 5.39. The molecule has 0 N–H and O–H groups in total. The normalized spacial score (nSPS) is 11.3. The van der Waals surface area contributed by atoms with E-state index in [0.29, 0.717) is 0 Å². The van der Waals surface area contributed by atoms with Crippen molar-refractivity contribution in [2.45, 2.75) is 13.8 Å². The Balaban J connectivity index is 1.61. The molecule has 3 heteroatoms. The summed E-state index contributed by atoms with van der Waals surface area (Å²) in [5.41, 5.74) is 7.57. The quantitative estimate of drug-likeness (QED) is 0.185. The maximum Gasteiger partial charge on any atom is 0.171 e. The first-order valence-corrected chi connectivity index (χ1v) is 15.6. The highest BCUT2D eigenvalue weighted by Crippen LogP contribution is 2.47. The highest BCUT2D eigenvalue weighted by molar-refractivity contribution is 7.85. The van der Waals surface area contributed by atoms with E-state index in [4.69, 9.17) is 0 Å². The second-order valence-corrected chi connectivity index (χ2v) is 13.1. The van der Waals surface area contributed by atoms with E-state index in [0.717, 1.165) is 44.1 Å². The molecule has 6 aromatic rings. The SMILES string of the molecule is Cc1ccc(N(c2ccc(C)cc2)c2ccccc2-c2ccccc2P(=O)(c2ccccc2)c2ccccc2)cc1. The average molecular weight is 550 g/mol. The number of anilines is 3. The standard InChI is InChI=1S/C38H32NOP/c1-29-21-25-31(26-22-29)39(32-27-23-30(2)24-28-32)37-19-11-9-17-35(37)36-18-10-12-20-38(36)41(40,33-13-5-3-6-14-33)34-15-7-4-8-16-34/h3-28H,1-2H3. The van der Waals surface area contributed by atoms with Gasteiger partial charge in [-0.1, -0.05) is 139 Å². The minimum Gasteiger partial charge on any atom is -0.310 e. The molecule has 2 nitrogen and oxygen atoms in total. The minimum atomic E-state index is -3.21. The summed E-state index contributed by atoms with van der Waals surface area (Å²) in [4.78, 5) is 2.29. The van der Waals surface area contributed by atoms with Gasteiger partial charge in [-0.25, -0.2) is 0 Å². The van der Waals surface area contributed by atoms with E-state index in [2.05, 4.69) is 97.6 Å². The minimum absolute atomic E-state index is 0.824. The van der Waals surface area contributed by atoms with E-state index in [1.165, 1.54) is 11.1 Å². The molecule has 0 bridgehead atoms. The Morgan fingerprint density at radius 1 is 0.439 bits per heavy atom. The van der Waals surface area contributed by atoms with Crippen molar-refractivity contribution in [2.75, 3.05) is 4.90 Å². The van der Waals surface area contributed by atoms with Gasteiger partial charge in [0.25, 0.3) is 0 Å². The number of para-hydroxylation sites is 1. The lowest BCUT2D eigenvalue weighted by Gasteiger charge is -2.29. The topological polar surface area (TPSA) is 20.3 Å². The van der Waals surface area contributed by atoms with Crippen molar-refractivity contribution in [3.8, 4) is 11.1 Å². The van der Waals surface area contributed by atoms with Crippen molar-refractivity contribution < 1.29 is 4.57 Å². The second kappa shape index (κ2) is 11.5. The van der Waals surface area contributed by atoms with Crippen LogP contribution in [0.5, 0.6) is 0 Å². The van der Waals surface area contributed by atoms with E-state index in [9.17, 15) is 0 Å². The van der Waals surface area contributed by atoms with Gasteiger partial charge in [0.1, 0.15) is 0 Å². The maximum absolute atomic E-state index is 15.5. The number of hydrogen-bond donors (Lipinski definition) is 0. The molecule has 0 aliphatic carbocycles. The number of rotatable bonds is 7. The highest BCUT2D eigenvalue weighted by atomic mass is 31.2. The average Bonchev–Trinajstić information content (AvgIpc) is 3.04. The summed E-state index contributed by atoms with van der Waals surface area (Å²) in [6.45, 7) is 4.21. The predicted molar refractivity (Wildman–Crippen MR) is 175 cm³/mol. The van der Waals surface area contributed by atoms with Gasteiger partial charge in [-0.05, 0) is 49.7 Å². The molecule has 41 heavy (non-hydrogen) atoms. The number of benzene rings is 6. The van der Waals surface area contributed by atoms with Gasteiger partial charge in [-0.15, -0.1) is 0 Å². The van der Waals surface area contributed by atoms with Crippen LogP contribution in [0.25, 0.3) is 11.1 Å². The third-order valence-electron chi connectivity index (χ3n) is 7.50. The van der Waals surface area contributed by atoms with Gasteiger partial charge in [0.15, 0.2) is 7.14 Å². The molecular weight excluding hydrogens is 517 g/mol. The zero-order valence-electron chi connectivity index (χ0n) is 23.3. The largest absolute Gasteiger partial charge is 0.310 e. The predicted octanol–water partition coefficient (Wildman–Crippen LogP) is 9.08. The summed E-state index contributed by atoms with van der Waals surface area (Å²) in [7, 11) is -3.21. The Labute approximate surface area is 242 Å². The first kappa shape index (κ1) is 26.6. The molecule has 200 valence electrons. The van der Waals surface area contributed by atoms with Crippen LogP contribution in [0.15, 0.2) is 158 Å². The van der Waals surface area contributed by atoms with E-state index in [1.54, 1.807) is 0 Å². The van der Waals surface area contributed by atoms with Crippen molar-refractivity contribution in [1.82, 2.24) is 0 Å². The second-order valence-electron chi connectivity index (χ2n) is 10.3. The number of hydrogen-bond acceptors (Lipinski definition) is 2. The molecule has 0 unspecified atom stereocenters. The van der Waals surface area contributed by atoms with Crippen LogP contribution in [0.3, 0.4) is 0 Å². The van der Waals surface area contributed by atoms with E-state index in [-0.39, 0.29) is 0 Å². The van der Waals surface area contributed by atoms with Crippen LogP contribution in [0.1, 0.15) is 11.1 Å². The Bertz CT molecular complexity index is 1720. The Morgan fingerprint density at radius 2 is 0.854 bits per heavy atom. The molecule has 0 spiro atoms. The summed E-state index contributed by atoms with van der Waals surface area (Å²) >= 11 is 0. The lowest BCUT2D eigenvalue weighted by atomic mass is 10.0. The van der Waals surface area contributed by atoms with Crippen LogP contribution in [-0.4, -0.2) is 0 Å². The molecule has 0 saturated heterocycles. The smallest absolute Gasteiger partial charge is 0.171 e. The lowest BCUT2D eigenvalue weighted by Crippen LogP contribution is -2.26. The summed E-state index contributed by atoms with van der Waals surface area (Å²) in [6.07, 6.45) is 0. The van der Waals surface area contributed by atoms with Crippen LogP contribution < -0.4 is 20.8 Å². The van der Waals surface area contributed by atoms with Crippen LogP contribution in [0, 0.1) is 13.8 Å². The van der Waals surface area contributed by atoms with Crippen molar-refractivity contribution in [3.05, 3.63) is 169 Å². The molecule has 6 rings (SSSR count). The van der Waals surface area contributed by atoms with Crippen LogP contribution >= 0.6 is 7.14 Å². The van der Waals surface area contributed by atoms with Crippen LogP contribution in [-0.2, 0) is 4.57 Å². The third kappa shape index (κ3) is 5.15.